The molecule has 1 unspecified atom stereocenters. The van der Waals surface area contributed by atoms with Gasteiger partial charge in [0.05, 0.1) is 40.1 Å². The molecule has 1 aliphatic heterocycles. The molecule has 1 fully saturated rings. The van der Waals surface area contributed by atoms with E-state index in [0.717, 1.165) is 35.1 Å². The number of benzene rings is 2. The molecule has 0 spiro atoms. The van der Waals surface area contributed by atoms with E-state index in [0.29, 0.717) is 0 Å². The summed E-state index contributed by atoms with van der Waals surface area (Å²) in [5.74, 6) is -3.04. The van der Waals surface area contributed by atoms with Crippen molar-refractivity contribution in [1.29, 1.82) is 5.26 Å². The number of piperazine rings is 1. The molecule has 11 nitrogen and oxygen atoms in total. The van der Waals surface area contributed by atoms with Crippen LogP contribution in [0, 0.1) is 23.0 Å². The molecule has 1 N–H and O–H groups in total. The highest BCUT2D eigenvalue weighted by molar-refractivity contribution is 7.90. The fourth-order valence-corrected chi connectivity index (χ4v) is 6.04. The zero-order chi connectivity index (χ0) is 31.1. The molecule has 2 aromatic carbocycles. The summed E-state index contributed by atoms with van der Waals surface area (Å²) in [4.78, 5) is 37.4. The number of carbonyl (C=O) groups is 1. The van der Waals surface area contributed by atoms with Crippen LogP contribution in [0.5, 0.6) is 5.75 Å². The van der Waals surface area contributed by atoms with Gasteiger partial charge in [0.15, 0.2) is 21.3 Å². The molecule has 220 valence electrons. The number of nitriles is 1. The van der Waals surface area contributed by atoms with Crippen molar-refractivity contribution in [3.63, 3.8) is 0 Å². The van der Waals surface area contributed by atoms with Crippen LogP contribution in [-0.4, -0.2) is 70.8 Å². The van der Waals surface area contributed by atoms with Crippen LogP contribution in [0.15, 0.2) is 70.9 Å². The van der Waals surface area contributed by atoms with Gasteiger partial charge in [0.2, 0.25) is 5.91 Å². The van der Waals surface area contributed by atoms with Crippen molar-refractivity contribution in [2.45, 2.75) is 17.4 Å². The first-order chi connectivity index (χ1) is 20.5. The van der Waals surface area contributed by atoms with Crippen molar-refractivity contribution >= 4 is 32.6 Å². The normalized spacial score (nSPS) is 15.3. The Labute approximate surface area is 244 Å². The number of fused-ring (bicyclic) bond motifs is 1. The van der Waals surface area contributed by atoms with Crippen LogP contribution in [0.3, 0.4) is 0 Å². The summed E-state index contributed by atoms with van der Waals surface area (Å²) in [7, 11) is -3.89. The summed E-state index contributed by atoms with van der Waals surface area (Å²) in [6.45, 7) is 3.83. The Kier molecular flexibility index (Phi) is 7.68. The first-order valence-corrected chi connectivity index (χ1v) is 14.8. The fourth-order valence-electron chi connectivity index (χ4n) is 5.18. The van der Waals surface area contributed by atoms with E-state index in [-0.39, 0.29) is 59.4 Å². The summed E-state index contributed by atoms with van der Waals surface area (Å²) in [5.41, 5.74) is -2.52. The summed E-state index contributed by atoms with van der Waals surface area (Å²) < 4.78 is 56.8. The number of halogens is 2. The van der Waals surface area contributed by atoms with E-state index >= 15 is 4.39 Å². The lowest BCUT2D eigenvalue weighted by molar-refractivity contribution is -0.128. The number of phenols is 1. The second-order valence-electron chi connectivity index (χ2n) is 9.82. The predicted octanol–water partition coefficient (Wildman–Crippen LogP) is 2.95. The highest BCUT2D eigenvalue weighted by Crippen LogP contribution is 2.36. The standard InChI is InChI=1S/C29H24F2N6O5S/c1-3-24(39)36-14-13-35(16-17(36)11-12-32)27-18-15-20(31)26(25-19(30)7-6-9-22(25)38)33-28(18)37(29(40)34-27)21-8-4-5-10-23(21)43(2,41)42/h3-10,15,17,38H,1,11,13-14,16H2,2H3. The minimum Gasteiger partial charge on any atom is -0.507 e. The van der Waals surface area contributed by atoms with Gasteiger partial charge in [-0.15, -0.1) is 0 Å². The van der Waals surface area contributed by atoms with E-state index in [4.69, 9.17) is 0 Å². The SMILES string of the molecule is C=CC(=O)N1CCN(c2nc(=O)n(-c3ccccc3S(C)(=O)=O)c3nc(-c4c(O)cccc4F)c(F)cc23)CC1CC#N. The van der Waals surface area contributed by atoms with Gasteiger partial charge in [0, 0.05) is 25.9 Å². The number of sulfone groups is 1. The first kappa shape index (κ1) is 29.3. The second-order valence-corrected chi connectivity index (χ2v) is 11.8. The van der Waals surface area contributed by atoms with E-state index < -0.39 is 50.2 Å². The molecule has 5 rings (SSSR count). The molecule has 1 aliphatic rings. The summed E-state index contributed by atoms with van der Waals surface area (Å²) in [6.07, 6.45) is 2.04. The Balaban J connectivity index is 1.82. The van der Waals surface area contributed by atoms with Gasteiger partial charge in [-0.3, -0.25) is 4.79 Å². The van der Waals surface area contributed by atoms with Gasteiger partial charge < -0.3 is 14.9 Å². The predicted molar refractivity (Wildman–Crippen MR) is 153 cm³/mol. The number of hydrogen-bond donors (Lipinski definition) is 1. The van der Waals surface area contributed by atoms with Gasteiger partial charge >= 0.3 is 5.69 Å². The number of para-hydroxylation sites is 1. The topological polar surface area (TPSA) is 149 Å². The van der Waals surface area contributed by atoms with Crippen LogP contribution in [0.25, 0.3) is 28.0 Å². The highest BCUT2D eigenvalue weighted by atomic mass is 32.2. The lowest BCUT2D eigenvalue weighted by Crippen LogP contribution is -2.55. The fraction of sp³-hybridized carbons (Fsp3) is 0.207. The van der Waals surface area contributed by atoms with Crippen molar-refractivity contribution in [2.75, 3.05) is 30.8 Å². The number of anilines is 1. The Morgan fingerprint density at radius 3 is 2.58 bits per heavy atom. The molecular weight excluding hydrogens is 582 g/mol. The number of amides is 1. The van der Waals surface area contributed by atoms with Crippen molar-refractivity contribution < 1.29 is 27.1 Å². The highest BCUT2D eigenvalue weighted by Gasteiger charge is 2.32. The molecular formula is C29H24F2N6O5S. The number of rotatable bonds is 6. The Hall–Kier alpha value is -5.16. The first-order valence-electron chi connectivity index (χ1n) is 12.9. The minimum atomic E-state index is -3.89. The number of aromatic hydroxyl groups is 1. The van der Waals surface area contributed by atoms with Crippen LogP contribution in [0.4, 0.5) is 14.6 Å². The maximum absolute atomic E-state index is 15.7. The number of nitrogens with zero attached hydrogens (tertiary/aromatic N) is 6. The summed E-state index contributed by atoms with van der Waals surface area (Å²) in [6, 6.07) is 11.4. The number of aromatic nitrogens is 3. The molecule has 43 heavy (non-hydrogen) atoms. The molecule has 0 bridgehead atoms. The number of hydrogen-bond acceptors (Lipinski definition) is 9. The van der Waals surface area contributed by atoms with E-state index in [1.807, 2.05) is 6.07 Å². The molecule has 3 heterocycles. The molecule has 1 atom stereocenters. The Bertz CT molecular complexity index is 1990. The molecule has 0 saturated carbocycles. The third-order valence-electron chi connectivity index (χ3n) is 7.10. The maximum atomic E-state index is 15.7. The van der Waals surface area contributed by atoms with Gasteiger partial charge in [-0.05, 0) is 36.4 Å². The smallest absolute Gasteiger partial charge is 0.355 e. The Morgan fingerprint density at radius 2 is 1.91 bits per heavy atom. The number of pyridine rings is 1. The lowest BCUT2D eigenvalue weighted by atomic mass is 10.1. The molecule has 1 amide bonds. The molecule has 0 aliphatic carbocycles. The summed E-state index contributed by atoms with van der Waals surface area (Å²) in [5, 5.41) is 19.7. The minimum absolute atomic E-state index is 0.0285. The van der Waals surface area contributed by atoms with Gasteiger partial charge in [-0.1, -0.05) is 24.8 Å². The second kappa shape index (κ2) is 11.3. The van der Waals surface area contributed by atoms with Crippen LogP contribution >= 0.6 is 0 Å². The van der Waals surface area contributed by atoms with Gasteiger partial charge in [0.1, 0.15) is 23.1 Å². The van der Waals surface area contributed by atoms with E-state index in [1.165, 1.54) is 35.2 Å². The van der Waals surface area contributed by atoms with Crippen LogP contribution in [-0.2, 0) is 14.6 Å². The third kappa shape index (κ3) is 5.30. The van der Waals surface area contributed by atoms with Gasteiger partial charge in [-0.25, -0.2) is 31.5 Å². The lowest BCUT2D eigenvalue weighted by Gasteiger charge is -2.41. The zero-order valence-corrected chi connectivity index (χ0v) is 23.6. The quantitative estimate of drug-likeness (QED) is 0.327. The average Bonchev–Trinajstić information content (AvgIpc) is 2.96. The average molecular weight is 607 g/mol. The number of carbonyl (C=O) groups excluding carboxylic acids is 1. The van der Waals surface area contributed by atoms with Crippen molar-refractivity contribution in [3.05, 3.63) is 83.3 Å². The Morgan fingerprint density at radius 1 is 1.16 bits per heavy atom. The van der Waals surface area contributed by atoms with Gasteiger partial charge in [0.25, 0.3) is 0 Å². The van der Waals surface area contributed by atoms with E-state index in [2.05, 4.69) is 16.5 Å². The van der Waals surface area contributed by atoms with Crippen molar-refractivity contribution in [2.24, 2.45) is 0 Å². The number of phenolic OH excluding ortho intramolecular Hbond substituents is 1. The van der Waals surface area contributed by atoms with E-state index in [9.17, 15) is 32.8 Å². The van der Waals surface area contributed by atoms with Crippen molar-refractivity contribution in [1.82, 2.24) is 19.4 Å². The maximum Gasteiger partial charge on any atom is 0.355 e. The largest absolute Gasteiger partial charge is 0.507 e. The molecule has 2 aromatic heterocycles. The van der Waals surface area contributed by atoms with E-state index in [1.54, 1.807) is 4.90 Å². The molecule has 0 radical (unpaired) electrons. The third-order valence-corrected chi connectivity index (χ3v) is 8.25. The summed E-state index contributed by atoms with van der Waals surface area (Å²) >= 11 is 0. The molecule has 4 aromatic rings. The monoisotopic (exact) mass is 606 g/mol. The van der Waals surface area contributed by atoms with Crippen LogP contribution in [0.1, 0.15) is 6.42 Å². The van der Waals surface area contributed by atoms with Crippen molar-refractivity contribution in [3.8, 4) is 28.8 Å². The molecule has 14 heteroatoms. The van der Waals surface area contributed by atoms with Crippen LogP contribution < -0.4 is 10.6 Å². The zero-order valence-electron chi connectivity index (χ0n) is 22.7. The van der Waals surface area contributed by atoms with Gasteiger partial charge in [-0.2, -0.15) is 10.2 Å². The molecule has 1 saturated heterocycles. The van der Waals surface area contributed by atoms with Crippen LogP contribution in [0.2, 0.25) is 0 Å².